The number of hydrogen-bond donors (Lipinski definition) is 1. The zero-order chi connectivity index (χ0) is 22.8. The summed E-state index contributed by atoms with van der Waals surface area (Å²) in [6.45, 7) is 5.08. The van der Waals surface area contributed by atoms with Crippen molar-refractivity contribution in [1.82, 2.24) is 0 Å². The molecule has 0 saturated carbocycles. The molecule has 33 heavy (non-hydrogen) atoms. The highest BCUT2D eigenvalue weighted by Crippen LogP contribution is 2.28. The van der Waals surface area contributed by atoms with E-state index in [-0.39, 0.29) is 17.7 Å². The molecule has 3 heterocycles. The first-order chi connectivity index (χ1) is 16.1. The molecule has 0 atom stereocenters. The van der Waals surface area contributed by atoms with Crippen LogP contribution in [-0.2, 0) is 16.0 Å². The van der Waals surface area contributed by atoms with Crippen molar-refractivity contribution < 1.29 is 22.7 Å². The Bertz CT molecular complexity index is 1180. The second-order valence-electron chi connectivity index (χ2n) is 8.11. The topological polar surface area (TPSA) is 67.2 Å². The number of nitrogens with one attached hydrogen (secondary N) is 1. The zero-order valence-electron chi connectivity index (χ0n) is 18.1. The number of benzene rings is 2. The normalized spacial score (nSPS) is 16.9. The Kier molecular flexibility index (Phi) is 6.15. The second kappa shape index (κ2) is 9.36. The summed E-state index contributed by atoms with van der Waals surface area (Å²) in [4.78, 5) is 17.8. The number of fused-ring (bicyclic) bond motifs is 1. The Balaban J connectivity index is 1.55. The Hall–Kier alpha value is -3.17. The van der Waals surface area contributed by atoms with E-state index in [1.807, 2.05) is 23.1 Å². The lowest BCUT2D eigenvalue weighted by atomic mass is 10.1. The van der Waals surface area contributed by atoms with Crippen LogP contribution in [0.2, 0.25) is 0 Å². The lowest BCUT2D eigenvalue weighted by Gasteiger charge is -2.30. The van der Waals surface area contributed by atoms with Gasteiger partial charge in [-0.2, -0.15) is 0 Å². The van der Waals surface area contributed by atoms with Crippen LogP contribution in [-0.4, -0.2) is 52.6 Å². The Morgan fingerprint density at radius 2 is 1.48 bits per heavy atom. The molecule has 3 aromatic rings. The lowest BCUT2D eigenvalue weighted by molar-refractivity contribution is 0.120. The van der Waals surface area contributed by atoms with E-state index in [9.17, 15) is 13.6 Å². The minimum absolute atomic E-state index is 0.0651. The molecule has 0 spiro atoms. The van der Waals surface area contributed by atoms with E-state index in [0.29, 0.717) is 61.9 Å². The summed E-state index contributed by atoms with van der Waals surface area (Å²) in [5.41, 5.74) is 1.93. The number of ether oxygens (including phenoxy) is 2. The molecule has 1 N–H and O–H groups in total. The van der Waals surface area contributed by atoms with Gasteiger partial charge < -0.3 is 29.0 Å². The maximum absolute atomic E-state index is 13.6. The van der Waals surface area contributed by atoms with Gasteiger partial charge >= 0.3 is 0 Å². The Morgan fingerprint density at radius 1 is 0.848 bits per heavy atom. The molecule has 9 heteroatoms. The van der Waals surface area contributed by atoms with Gasteiger partial charge in [-0.25, -0.2) is 8.78 Å². The maximum atomic E-state index is 13.6. The fourth-order valence-corrected chi connectivity index (χ4v) is 4.25. The van der Waals surface area contributed by atoms with Crippen LogP contribution in [0.25, 0.3) is 11.0 Å². The van der Waals surface area contributed by atoms with Crippen molar-refractivity contribution in [1.29, 1.82) is 0 Å². The summed E-state index contributed by atoms with van der Waals surface area (Å²) in [5, 5.41) is 3.45. The molecule has 1 aromatic heterocycles. The van der Waals surface area contributed by atoms with Gasteiger partial charge in [0, 0.05) is 50.2 Å². The zero-order valence-corrected chi connectivity index (χ0v) is 18.1. The molecule has 0 unspecified atom stereocenters. The molecule has 174 valence electrons. The van der Waals surface area contributed by atoms with E-state index < -0.39 is 11.6 Å². The monoisotopic (exact) mass is 457 g/mol. The molecule has 2 fully saturated rings. The molecule has 5 rings (SSSR count). The predicted molar refractivity (Wildman–Crippen MR) is 122 cm³/mol. The van der Waals surface area contributed by atoms with Crippen molar-refractivity contribution >= 4 is 28.2 Å². The number of anilines is 3. The number of hydrogen-bond acceptors (Lipinski definition) is 7. The van der Waals surface area contributed by atoms with Crippen molar-refractivity contribution in [3.63, 3.8) is 0 Å². The van der Waals surface area contributed by atoms with Crippen LogP contribution < -0.4 is 20.5 Å². The third-order valence-corrected chi connectivity index (χ3v) is 5.95. The van der Waals surface area contributed by atoms with Gasteiger partial charge in [0.25, 0.3) is 0 Å². The van der Waals surface area contributed by atoms with Crippen LogP contribution in [0.3, 0.4) is 0 Å². The fourth-order valence-electron chi connectivity index (χ4n) is 4.25. The van der Waals surface area contributed by atoms with Crippen LogP contribution in [0.1, 0.15) is 5.56 Å². The van der Waals surface area contributed by atoms with Gasteiger partial charge in [0.2, 0.25) is 5.88 Å². The van der Waals surface area contributed by atoms with E-state index in [1.54, 1.807) is 0 Å². The van der Waals surface area contributed by atoms with Crippen molar-refractivity contribution in [3.05, 3.63) is 63.8 Å². The number of nitrogens with zero attached hydrogens (tertiary/aromatic N) is 2. The molecule has 2 aliphatic rings. The average Bonchev–Trinajstić information content (AvgIpc) is 2.84. The van der Waals surface area contributed by atoms with Crippen molar-refractivity contribution in [2.75, 3.05) is 67.7 Å². The summed E-state index contributed by atoms with van der Waals surface area (Å²) in [6.07, 6.45) is 0. The van der Waals surface area contributed by atoms with Crippen LogP contribution in [0.5, 0.6) is 0 Å². The molecular weight excluding hydrogens is 432 g/mol. The molecule has 2 saturated heterocycles. The highest BCUT2D eigenvalue weighted by atomic mass is 19.1. The summed E-state index contributed by atoms with van der Waals surface area (Å²) < 4.78 is 44.4. The summed E-state index contributed by atoms with van der Waals surface area (Å²) in [6, 6.07) is 8.81. The quantitative estimate of drug-likeness (QED) is 0.630. The standard InChI is InChI=1S/C24H25F2N3O4/c25-16-11-17(26)13-18(12-16)27-15-21-23(30)20-14-19(28-3-7-31-8-4-28)1-2-22(20)33-24(21)29-5-9-32-10-6-29/h1-2,11-14,27H,3-10,15H2. The van der Waals surface area contributed by atoms with Crippen LogP contribution in [0.4, 0.5) is 26.0 Å². The van der Waals surface area contributed by atoms with Crippen LogP contribution in [0.15, 0.2) is 45.6 Å². The molecule has 2 aromatic carbocycles. The first-order valence-electron chi connectivity index (χ1n) is 11.0. The van der Waals surface area contributed by atoms with Gasteiger partial charge in [-0.05, 0) is 30.3 Å². The summed E-state index contributed by atoms with van der Waals surface area (Å²) in [5.74, 6) is -0.919. The van der Waals surface area contributed by atoms with Crippen LogP contribution in [0, 0.1) is 11.6 Å². The first kappa shape index (κ1) is 21.7. The van der Waals surface area contributed by atoms with Gasteiger partial charge in [0.05, 0.1) is 37.4 Å². The van der Waals surface area contributed by atoms with E-state index >= 15 is 0 Å². The van der Waals surface area contributed by atoms with Crippen molar-refractivity contribution in [3.8, 4) is 0 Å². The molecule has 2 aliphatic heterocycles. The molecule has 0 aliphatic carbocycles. The van der Waals surface area contributed by atoms with E-state index in [1.165, 1.54) is 12.1 Å². The Morgan fingerprint density at radius 3 is 2.15 bits per heavy atom. The summed E-state index contributed by atoms with van der Waals surface area (Å²) in [7, 11) is 0. The van der Waals surface area contributed by atoms with Gasteiger partial charge in [-0.3, -0.25) is 4.79 Å². The van der Waals surface area contributed by atoms with Gasteiger partial charge in [0.1, 0.15) is 17.2 Å². The smallest absolute Gasteiger partial charge is 0.205 e. The number of morpholine rings is 2. The highest BCUT2D eigenvalue weighted by Gasteiger charge is 2.23. The average molecular weight is 457 g/mol. The molecule has 7 nitrogen and oxygen atoms in total. The maximum Gasteiger partial charge on any atom is 0.205 e. The molecular formula is C24H25F2N3O4. The largest absolute Gasteiger partial charge is 0.440 e. The highest BCUT2D eigenvalue weighted by molar-refractivity contribution is 5.83. The molecule has 0 radical (unpaired) electrons. The Labute approximate surface area is 189 Å². The molecule has 0 bridgehead atoms. The van der Waals surface area contributed by atoms with Crippen LogP contribution >= 0.6 is 0 Å². The van der Waals surface area contributed by atoms with Crippen molar-refractivity contribution in [2.45, 2.75) is 6.54 Å². The predicted octanol–water partition coefficient (Wildman–Crippen LogP) is 3.36. The summed E-state index contributed by atoms with van der Waals surface area (Å²) >= 11 is 0. The van der Waals surface area contributed by atoms with Gasteiger partial charge in [-0.1, -0.05) is 0 Å². The minimum atomic E-state index is -0.688. The van der Waals surface area contributed by atoms with E-state index in [4.69, 9.17) is 13.9 Å². The van der Waals surface area contributed by atoms with E-state index in [0.717, 1.165) is 24.8 Å². The third kappa shape index (κ3) is 4.65. The number of rotatable bonds is 5. The first-order valence-corrected chi connectivity index (χ1v) is 11.0. The second-order valence-corrected chi connectivity index (χ2v) is 8.11. The number of halogens is 2. The van der Waals surface area contributed by atoms with Crippen molar-refractivity contribution in [2.24, 2.45) is 0 Å². The van der Waals surface area contributed by atoms with Gasteiger partial charge in [0.15, 0.2) is 5.43 Å². The van der Waals surface area contributed by atoms with Gasteiger partial charge in [-0.15, -0.1) is 0 Å². The lowest BCUT2D eigenvalue weighted by Crippen LogP contribution is -2.38. The SMILES string of the molecule is O=c1c(CNc2cc(F)cc(F)c2)c(N2CCOCC2)oc2ccc(N3CCOCC3)cc12. The molecule has 0 amide bonds. The minimum Gasteiger partial charge on any atom is -0.440 e. The van der Waals surface area contributed by atoms with E-state index in [2.05, 4.69) is 10.2 Å². The third-order valence-electron chi connectivity index (χ3n) is 5.95. The fraction of sp³-hybridized carbons (Fsp3) is 0.375.